The van der Waals surface area contributed by atoms with E-state index in [-0.39, 0.29) is 17.9 Å². The van der Waals surface area contributed by atoms with E-state index in [4.69, 9.17) is 5.73 Å². The van der Waals surface area contributed by atoms with Gasteiger partial charge < -0.3 is 11.1 Å². The first-order valence-corrected chi connectivity index (χ1v) is 8.18. The molecule has 0 aliphatic heterocycles. The number of carbonyl (C=O) groups excluding carboxylic acids is 1. The summed E-state index contributed by atoms with van der Waals surface area (Å²) in [5.74, 6) is 1.46. The van der Waals surface area contributed by atoms with Crippen LogP contribution in [0, 0.1) is 11.8 Å². The zero-order chi connectivity index (χ0) is 15.0. The molecule has 114 valence electrons. The zero-order valence-electron chi connectivity index (χ0n) is 13.1. The second kappa shape index (κ2) is 5.45. The minimum Gasteiger partial charge on any atom is -0.325 e. The predicted octanol–water partition coefficient (Wildman–Crippen LogP) is 3.22. The Morgan fingerprint density at radius 3 is 3.00 bits per heavy atom. The number of rotatable bonds is 2. The number of anilines is 1. The van der Waals surface area contributed by atoms with Gasteiger partial charge in [-0.25, -0.2) is 0 Å². The van der Waals surface area contributed by atoms with Crippen LogP contribution in [0.15, 0.2) is 18.2 Å². The molecule has 3 rings (SSSR count). The average Bonchev–Trinajstić information content (AvgIpc) is 2.47. The third-order valence-corrected chi connectivity index (χ3v) is 5.78. The Kier molecular flexibility index (Phi) is 3.78. The second-order valence-electron chi connectivity index (χ2n) is 7.06. The maximum absolute atomic E-state index is 11.5. The number of nitrogens with one attached hydrogen (secondary N) is 1. The first-order valence-electron chi connectivity index (χ1n) is 8.18. The van der Waals surface area contributed by atoms with E-state index in [1.54, 1.807) is 0 Å². The molecule has 3 heteroatoms. The minimum atomic E-state index is -0.121. The Labute approximate surface area is 127 Å². The van der Waals surface area contributed by atoms with E-state index in [1.807, 2.05) is 6.07 Å². The number of amides is 1. The van der Waals surface area contributed by atoms with Gasteiger partial charge in [-0.1, -0.05) is 32.8 Å². The Balaban J connectivity index is 1.97. The van der Waals surface area contributed by atoms with Gasteiger partial charge in [-0.15, -0.1) is 0 Å². The largest absolute Gasteiger partial charge is 0.325 e. The van der Waals surface area contributed by atoms with Crippen LogP contribution in [0.5, 0.6) is 0 Å². The monoisotopic (exact) mass is 286 g/mol. The molecule has 0 radical (unpaired) electrons. The number of hydrogen-bond donors (Lipinski definition) is 2. The van der Waals surface area contributed by atoms with E-state index in [1.165, 1.54) is 43.2 Å². The Bertz CT molecular complexity index is 554. The van der Waals surface area contributed by atoms with Crippen molar-refractivity contribution < 1.29 is 4.79 Å². The van der Waals surface area contributed by atoms with Crippen LogP contribution in [0.1, 0.15) is 50.7 Å². The maximum atomic E-state index is 11.5. The SMILES string of the molecule is CC1CCCC2(C)c3cc(NC(=O)CN)ccc3CCC12. The van der Waals surface area contributed by atoms with Gasteiger partial charge >= 0.3 is 0 Å². The number of benzene rings is 1. The molecule has 3 N–H and O–H groups in total. The lowest BCUT2D eigenvalue weighted by Crippen LogP contribution is -2.43. The van der Waals surface area contributed by atoms with E-state index in [2.05, 4.69) is 31.3 Å². The summed E-state index contributed by atoms with van der Waals surface area (Å²) in [6.45, 7) is 4.88. The summed E-state index contributed by atoms with van der Waals surface area (Å²) < 4.78 is 0. The fraction of sp³-hybridized carbons (Fsp3) is 0.611. The molecule has 0 heterocycles. The minimum absolute atomic E-state index is 0.0357. The summed E-state index contributed by atoms with van der Waals surface area (Å²) in [5.41, 5.74) is 9.49. The summed E-state index contributed by atoms with van der Waals surface area (Å²) in [5, 5.41) is 2.90. The van der Waals surface area contributed by atoms with Crippen molar-refractivity contribution in [3.8, 4) is 0 Å². The van der Waals surface area contributed by atoms with Crippen LogP contribution in [0.25, 0.3) is 0 Å². The zero-order valence-corrected chi connectivity index (χ0v) is 13.1. The molecule has 1 aromatic carbocycles. The molecule has 0 aromatic heterocycles. The molecule has 0 bridgehead atoms. The topological polar surface area (TPSA) is 55.1 Å². The van der Waals surface area contributed by atoms with Crippen LogP contribution < -0.4 is 11.1 Å². The fourth-order valence-corrected chi connectivity index (χ4v) is 4.67. The quantitative estimate of drug-likeness (QED) is 0.877. The highest BCUT2D eigenvalue weighted by Crippen LogP contribution is 2.52. The molecule has 2 aliphatic carbocycles. The molecular formula is C18H26N2O. The molecule has 3 atom stereocenters. The van der Waals surface area contributed by atoms with Crippen molar-refractivity contribution in [3.05, 3.63) is 29.3 Å². The molecule has 2 aliphatic rings. The van der Waals surface area contributed by atoms with E-state index in [0.717, 1.165) is 17.5 Å². The van der Waals surface area contributed by atoms with Crippen LogP contribution in [-0.4, -0.2) is 12.5 Å². The number of carbonyl (C=O) groups is 1. The van der Waals surface area contributed by atoms with Gasteiger partial charge in [0.25, 0.3) is 0 Å². The van der Waals surface area contributed by atoms with Gasteiger partial charge in [0.1, 0.15) is 0 Å². The van der Waals surface area contributed by atoms with Crippen molar-refractivity contribution in [2.45, 2.75) is 51.4 Å². The normalized spacial score (nSPS) is 31.2. The van der Waals surface area contributed by atoms with Crippen molar-refractivity contribution in [1.82, 2.24) is 0 Å². The van der Waals surface area contributed by atoms with E-state index in [0.29, 0.717) is 0 Å². The Morgan fingerprint density at radius 2 is 2.24 bits per heavy atom. The summed E-state index contributed by atoms with van der Waals surface area (Å²) in [6, 6.07) is 6.41. The number of aryl methyl sites for hydroxylation is 1. The van der Waals surface area contributed by atoms with Crippen LogP contribution in [0.2, 0.25) is 0 Å². The molecule has 3 nitrogen and oxygen atoms in total. The lowest BCUT2D eigenvalue weighted by atomic mass is 9.55. The van der Waals surface area contributed by atoms with Gasteiger partial charge in [0, 0.05) is 5.69 Å². The van der Waals surface area contributed by atoms with Gasteiger partial charge in [-0.3, -0.25) is 4.79 Å². The number of hydrogen-bond acceptors (Lipinski definition) is 2. The molecule has 3 unspecified atom stereocenters. The van der Waals surface area contributed by atoms with Crippen LogP contribution in [-0.2, 0) is 16.6 Å². The van der Waals surface area contributed by atoms with Crippen LogP contribution >= 0.6 is 0 Å². The standard InChI is InChI=1S/C18H26N2O/c1-12-4-3-9-18(2)15(12)8-6-13-5-7-14(10-16(13)18)20-17(21)11-19/h5,7,10,12,15H,3-4,6,8-9,11,19H2,1-2H3,(H,20,21). The van der Waals surface area contributed by atoms with Gasteiger partial charge in [0.15, 0.2) is 0 Å². The fourth-order valence-electron chi connectivity index (χ4n) is 4.67. The van der Waals surface area contributed by atoms with Crippen molar-refractivity contribution >= 4 is 11.6 Å². The van der Waals surface area contributed by atoms with E-state index >= 15 is 0 Å². The summed E-state index contributed by atoms with van der Waals surface area (Å²) in [7, 11) is 0. The third kappa shape index (κ3) is 2.48. The van der Waals surface area contributed by atoms with Crippen molar-refractivity contribution in [3.63, 3.8) is 0 Å². The van der Waals surface area contributed by atoms with Gasteiger partial charge in [0.05, 0.1) is 6.54 Å². The first-order chi connectivity index (χ1) is 10.0. The third-order valence-electron chi connectivity index (χ3n) is 5.78. The van der Waals surface area contributed by atoms with Gasteiger partial charge in [-0.2, -0.15) is 0 Å². The highest BCUT2D eigenvalue weighted by atomic mass is 16.1. The molecule has 0 saturated heterocycles. The molecule has 1 aromatic rings. The van der Waals surface area contributed by atoms with Crippen molar-refractivity contribution in [2.75, 3.05) is 11.9 Å². The van der Waals surface area contributed by atoms with Gasteiger partial charge in [0.2, 0.25) is 5.91 Å². The van der Waals surface area contributed by atoms with E-state index < -0.39 is 0 Å². The lowest BCUT2D eigenvalue weighted by molar-refractivity contribution is -0.114. The second-order valence-corrected chi connectivity index (χ2v) is 7.06. The van der Waals surface area contributed by atoms with Crippen molar-refractivity contribution in [2.24, 2.45) is 17.6 Å². The summed E-state index contributed by atoms with van der Waals surface area (Å²) in [6.07, 6.45) is 6.42. The maximum Gasteiger partial charge on any atom is 0.238 e. The number of fused-ring (bicyclic) bond motifs is 3. The molecular weight excluding hydrogens is 260 g/mol. The average molecular weight is 286 g/mol. The summed E-state index contributed by atoms with van der Waals surface area (Å²) in [4.78, 5) is 11.5. The van der Waals surface area contributed by atoms with Gasteiger partial charge in [-0.05, 0) is 59.8 Å². The summed E-state index contributed by atoms with van der Waals surface area (Å²) >= 11 is 0. The molecule has 1 amide bonds. The Hall–Kier alpha value is -1.35. The predicted molar refractivity (Wildman–Crippen MR) is 86.3 cm³/mol. The van der Waals surface area contributed by atoms with Crippen LogP contribution in [0.4, 0.5) is 5.69 Å². The molecule has 0 spiro atoms. The van der Waals surface area contributed by atoms with E-state index in [9.17, 15) is 4.79 Å². The molecule has 1 saturated carbocycles. The molecule has 21 heavy (non-hydrogen) atoms. The molecule has 1 fully saturated rings. The Morgan fingerprint density at radius 1 is 1.43 bits per heavy atom. The van der Waals surface area contributed by atoms with Crippen molar-refractivity contribution in [1.29, 1.82) is 0 Å². The highest BCUT2D eigenvalue weighted by molar-refractivity contribution is 5.92. The number of nitrogens with two attached hydrogens (primary N) is 1. The lowest BCUT2D eigenvalue weighted by Gasteiger charge is -2.49. The smallest absolute Gasteiger partial charge is 0.238 e. The highest BCUT2D eigenvalue weighted by Gasteiger charge is 2.44. The first kappa shape index (κ1) is 14.6. The van der Waals surface area contributed by atoms with Crippen LogP contribution in [0.3, 0.4) is 0 Å².